The topological polar surface area (TPSA) is 38.7 Å². The molecule has 8 rings (SSSR count). The Bertz CT molecular complexity index is 2080. The molecule has 0 amide bonds. The Labute approximate surface area is 257 Å². The van der Waals surface area contributed by atoms with Crippen molar-refractivity contribution in [1.29, 1.82) is 0 Å². The van der Waals surface area contributed by atoms with Crippen molar-refractivity contribution >= 4 is 16.8 Å². The number of allylic oxidation sites excluding steroid dienone is 1. The SMILES string of the molecule is C1=Cc2c(-c3ccc(-c4nc(-c5ccccc5)nc(-c5ccccc5)n4)cc3)c(-c3ccccc3)c3ccccc3c2CC1. The molecule has 1 heterocycles. The first-order chi connectivity index (χ1) is 21.8. The summed E-state index contributed by atoms with van der Waals surface area (Å²) in [4.78, 5) is 14.7. The van der Waals surface area contributed by atoms with E-state index in [4.69, 9.17) is 15.0 Å². The molecule has 6 aromatic carbocycles. The monoisotopic (exact) mass is 563 g/mol. The molecule has 7 aromatic rings. The highest BCUT2D eigenvalue weighted by Crippen LogP contribution is 2.45. The van der Waals surface area contributed by atoms with Crippen LogP contribution in [-0.2, 0) is 6.42 Å². The zero-order valence-electron chi connectivity index (χ0n) is 24.2. The third-order valence-electron chi connectivity index (χ3n) is 8.41. The smallest absolute Gasteiger partial charge is 0.164 e. The lowest BCUT2D eigenvalue weighted by Crippen LogP contribution is -2.02. The molecule has 0 atom stereocenters. The van der Waals surface area contributed by atoms with Gasteiger partial charge in [0.2, 0.25) is 0 Å². The Morgan fingerprint density at radius 3 is 1.39 bits per heavy atom. The van der Waals surface area contributed by atoms with E-state index in [1.807, 2.05) is 60.7 Å². The van der Waals surface area contributed by atoms with Crippen LogP contribution >= 0.6 is 0 Å². The highest BCUT2D eigenvalue weighted by Gasteiger charge is 2.22. The van der Waals surface area contributed by atoms with Gasteiger partial charge in [-0.2, -0.15) is 0 Å². The quantitative estimate of drug-likeness (QED) is 0.209. The summed E-state index contributed by atoms with van der Waals surface area (Å²) in [5.74, 6) is 1.99. The van der Waals surface area contributed by atoms with Gasteiger partial charge in [0.1, 0.15) is 0 Å². The van der Waals surface area contributed by atoms with Crippen LogP contribution in [0.15, 0.2) is 146 Å². The zero-order chi connectivity index (χ0) is 29.3. The number of rotatable bonds is 5. The average molecular weight is 564 g/mol. The summed E-state index contributed by atoms with van der Waals surface area (Å²) in [6.07, 6.45) is 6.74. The zero-order valence-corrected chi connectivity index (χ0v) is 24.2. The van der Waals surface area contributed by atoms with E-state index < -0.39 is 0 Å². The maximum absolute atomic E-state index is 4.94. The first-order valence-electron chi connectivity index (χ1n) is 15.1. The molecule has 0 radical (unpaired) electrons. The van der Waals surface area contributed by atoms with Crippen LogP contribution in [0.4, 0.5) is 0 Å². The van der Waals surface area contributed by atoms with Crippen molar-refractivity contribution in [3.63, 3.8) is 0 Å². The predicted octanol–water partition coefficient (Wildman–Crippen LogP) is 10.3. The lowest BCUT2D eigenvalue weighted by molar-refractivity contribution is 0.998. The van der Waals surface area contributed by atoms with Crippen LogP contribution in [0.5, 0.6) is 0 Å². The van der Waals surface area contributed by atoms with Crippen molar-refractivity contribution in [3.8, 4) is 56.4 Å². The van der Waals surface area contributed by atoms with E-state index in [0.29, 0.717) is 17.5 Å². The number of aryl methyl sites for hydroxylation is 1. The molecule has 1 aliphatic carbocycles. The fourth-order valence-electron chi connectivity index (χ4n) is 6.34. The van der Waals surface area contributed by atoms with Gasteiger partial charge in [-0.25, -0.2) is 15.0 Å². The average Bonchev–Trinajstić information content (AvgIpc) is 3.12. The number of nitrogens with zero attached hydrogens (tertiary/aromatic N) is 3. The Kier molecular flexibility index (Phi) is 6.62. The van der Waals surface area contributed by atoms with Crippen molar-refractivity contribution in [1.82, 2.24) is 15.0 Å². The van der Waals surface area contributed by atoms with Gasteiger partial charge in [0.05, 0.1) is 0 Å². The molecule has 208 valence electrons. The highest BCUT2D eigenvalue weighted by molar-refractivity contribution is 6.09. The number of hydrogen-bond acceptors (Lipinski definition) is 3. The summed E-state index contributed by atoms with van der Waals surface area (Å²) in [5.41, 5.74) is 10.6. The Balaban J connectivity index is 1.31. The number of aromatic nitrogens is 3. The van der Waals surface area contributed by atoms with Gasteiger partial charge in [-0.3, -0.25) is 0 Å². The summed E-state index contributed by atoms with van der Waals surface area (Å²) in [5, 5.41) is 2.64. The minimum absolute atomic E-state index is 0.660. The van der Waals surface area contributed by atoms with E-state index in [1.165, 1.54) is 44.2 Å². The van der Waals surface area contributed by atoms with E-state index in [1.54, 1.807) is 0 Å². The number of hydrogen-bond donors (Lipinski definition) is 0. The molecule has 3 nitrogen and oxygen atoms in total. The van der Waals surface area contributed by atoms with Crippen LogP contribution in [0.3, 0.4) is 0 Å². The van der Waals surface area contributed by atoms with E-state index in [0.717, 1.165) is 29.5 Å². The molecule has 0 saturated heterocycles. The Hall–Kier alpha value is -5.67. The van der Waals surface area contributed by atoms with E-state index in [-0.39, 0.29) is 0 Å². The van der Waals surface area contributed by atoms with Gasteiger partial charge in [-0.15, -0.1) is 0 Å². The highest BCUT2D eigenvalue weighted by atomic mass is 15.0. The molecule has 0 bridgehead atoms. The van der Waals surface area contributed by atoms with Crippen molar-refractivity contribution < 1.29 is 0 Å². The number of fused-ring (bicyclic) bond motifs is 3. The van der Waals surface area contributed by atoms with Gasteiger partial charge in [0, 0.05) is 16.7 Å². The van der Waals surface area contributed by atoms with Gasteiger partial charge in [0.15, 0.2) is 17.5 Å². The van der Waals surface area contributed by atoms with Gasteiger partial charge in [-0.1, -0.05) is 152 Å². The molecule has 0 unspecified atom stereocenters. The van der Waals surface area contributed by atoms with Crippen molar-refractivity contribution in [2.75, 3.05) is 0 Å². The van der Waals surface area contributed by atoms with E-state index >= 15 is 0 Å². The first-order valence-corrected chi connectivity index (χ1v) is 15.1. The minimum atomic E-state index is 0.660. The fourth-order valence-corrected chi connectivity index (χ4v) is 6.34. The Morgan fingerprint density at radius 1 is 0.386 bits per heavy atom. The van der Waals surface area contributed by atoms with Crippen LogP contribution in [0, 0.1) is 0 Å². The van der Waals surface area contributed by atoms with Crippen LogP contribution in [0.25, 0.3) is 73.3 Å². The second-order valence-electron chi connectivity index (χ2n) is 11.1. The molecule has 0 spiro atoms. The molecule has 1 aromatic heterocycles. The van der Waals surface area contributed by atoms with Crippen LogP contribution in [0.1, 0.15) is 17.5 Å². The van der Waals surface area contributed by atoms with Crippen molar-refractivity contribution in [3.05, 3.63) is 157 Å². The molecule has 0 fully saturated rings. The summed E-state index contributed by atoms with van der Waals surface area (Å²) in [6.45, 7) is 0. The maximum Gasteiger partial charge on any atom is 0.164 e. The second-order valence-corrected chi connectivity index (χ2v) is 11.1. The van der Waals surface area contributed by atoms with Gasteiger partial charge in [0.25, 0.3) is 0 Å². The molecular weight excluding hydrogens is 534 g/mol. The number of benzene rings is 6. The van der Waals surface area contributed by atoms with Gasteiger partial charge in [-0.05, 0) is 57.0 Å². The molecule has 3 heteroatoms. The lowest BCUT2D eigenvalue weighted by Gasteiger charge is -2.23. The lowest BCUT2D eigenvalue weighted by atomic mass is 9.80. The molecule has 0 saturated carbocycles. The van der Waals surface area contributed by atoms with Crippen molar-refractivity contribution in [2.45, 2.75) is 12.8 Å². The third-order valence-corrected chi connectivity index (χ3v) is 8.41. The van der Waals surface area contributed by atoms with E-state index in [2.05, 4.69) is 91.0 Å². The first kappa shape index (κ1) is 26.0. The van der Waals surface area contributed by atoms with Crippen LogP contribution < -0.4 is 0 Å². The van der Waals surface area contributed by atoms with Crippen LogP contribution in [0.2, 0.25) is 0 Å². The summed E-state index contributed by atoms with van der Waals surface area (Å²) in [7, 11) is 0. The van der Waals surface area contributed by atoms with E-state index in [9.17, 15) is 0 Å². The minimum Gasteiger partial charge on any atom is -0.208 e. The van der Waals surface area contributed by atoms with Crippen molar-refractivity contribution in [2.24, 2.45) is 0 Å². The summed E-state index contributed by atoms with van der Waals surface area (Å²) < 4.78 is 0. The largest absolute Gasteiger partial charge is 0.208 e. The normalized spacial score (nSPS) is 12.3. The summed E-state index contributed by atoms with van der Waals surface area (Å²) in [6, 6.07) is 48.6. The summed E-state index contributed by atoms with van der Waals surface area (Å²) >= 11 is 0. The molecular formula is C41H29N3. The fraction of sp³-hybridized carbons (Fsp3) is 0.0488. The van der Waals surface area contributed by atoms with Gasteiger partial charge < -0.3 is 0 Å². The molecule has 0 N–H and O–H groups in total. The van der Waals surface area contributed by atoms with Crippen LogP contribution in [-0.4, -0.2) is 15.0 Å². The molecule has 1 aliphatic rings. The Morgan fingerprint density at radius 2 is 0.818 bits per heavy atom. The second kappa shape index (κ2) is 11.2. The predicted molar refractivity (Wildman–Crippen MR) is 182 cm³/mol. The standard InChI is InChI=1S/C41H29N3/c1-4-14-28(15-5-1)37-35-22-12-10-20-33(35)34-21-11-13-23-36(34)38(37)29-24-26-32(27-25-29)41-43-39(30-16-6-2-7-17-30)42-40(44-41)31-18-8-3-9-19-31/h1-10,12-20,22-27H,11,21H2. The molecule has 0 aliphatic heterocycles. The van der Waals surface area contributed by atoms with Gasteiger partial charge >= 0.3 is 0 Å². The maximum atomic E-state index is 4.94. The molecule has 44 heavy (non-hydrogen) atoms. The third kappa shape index (κ3) is 4.69.